The smallest absolute Gasteiger partial charge is 0.257 e. The number of halogens is 1. The maximum absolute atomic E-state index is 14.8. The van der Waals surface area contributed by atoms with Gasteiger partial charge in [-0.05, 0) is 31.4 Å². The van der Waals surface area contributed by atoms with Crippen molar-refractivity contribution >= 4 is 49.1 Å². The van der Waals surface area contributed by atoms with E-state index in [1.807, 2.05) is 0 Å². The molecule has 2 heterocycles. The molecule has 1 saturated heterocycles. The van der Waals surface area contributed by atoms with Crippen molar-refractivity contribution < 1.29 is 37.0 Å². The van der Waals surface area contributed by atoms with E-state index in [0.29, 0.717) is 26.3 Å². The number of benzene rings is 1. The van der Waals surface area contributed by atoms with Crippen molar-refractivity contribution in [2.75, 3.05) is 45.2 Å². The Hall–Kier alpha value is -2.68. The van der Waals surface area contributed by atoms with Crippen molar-refractivity contribution in [2.45, 2.75) is 30.6 Å². The molecule has 1 aromatic heterocycles. The van der Waals surface area contributed by atoms with Gasteiger partial charge in [-0.1, -0.05) is 0 Å². The molecule has 11 nitrogen and oxygen atoms in total. The lowest BCUT2D eigenvalue weighted by atomic mass is 10.1. The summed E-state index contributed by atoms with van der Waals surface area (Å²) >= 11 is 0.820. The first kappa shape index (κ1) is 26.4. The van der Waals surface area contributed by atoms with E-state index in [1.54, 1.807) is 0 Å². The van der Waals surface area contributed by atoms with Crippen molar-refractivity contribution in [3.8, 4) is 0 Å². The van der Waals surface area contributed by atoms with E-state index in [4.69, 9.17) is 9.84 Å². The minimum absolute atomic E-state index is 0.0759. The number of aliphatic hydroxyl groups is 1. The van der Waals surface area contributed by atoms with Crippen molar-refractivity contribution in [2.24, 2.45) is 0 Å². The van der Waals surface area contributed by atoms with Gasteiger partial charge in [0.1, 0.15) is 10.8 Å². The van der Waals surface area contributed by atoms with Crippen LogP contribution in [-0.2, 0) is 24.2 Å². The number of thiazole rings is 1. The predicted molar refractivity (Wildman–Crippen MR) is 129 cm³/mol. The van der Waals surface area contributed by atoms with Gasteiger partial charge < -0.3 is 25.4 Å². The van der Waals surface area contributed by atoms with Crippen molar-refractivity contribution in [1.82, 2.24) is 20.5 Å². The molecule has 1 aliphatic carbocycles. The molecule has 0 bridgehead atoms. The van der Waals surface area contributed by atoms with Crippen LogP contribution in [0.2, 0.25) is 0 Å². The molecule has 1 atom stereocenters. The lowest BCUT2D eigenvalue weighted by Crippen LogP contribution is -2.41. The van der Waals surface area contributed by atoms with Gasteiger partial charge in [0.25, 0.3) is 5.91 Å². The maximum Gasteiger partial charge on any atom is 0.257 e. The molecule has 36 heavy (non-hydrogen) atoms. The highest BCUT2D eigenvalue weighted by molar-refractivity contribution is 7.92. The molecule has 0 radical (unpaired) electrons. The summed E-state index contributed by atoms with van der Waals surface area (Å²) in [4.78, 5) is 43.5. The fourth-order valence-corrected chi connectivity index (χ4v) is 6.83. The fraction of sp³-hybridized carbons (Fsp3) is 0.545. The van der Waals surface area contributed by atoms with E-state index >= 15 is 0 Å². The minimum Gasteiger partial charge on any atom is -0.396 e. The Labute approximate surface area is 210 Å². The number of aliphatic hydroxyl groups excluding tert-OH is 1. The summed E-state index contributed by atoms with van der Waals surface area (Å²) in [7, 11) is -4.14. The van der Waals surface area contributed by atoms with Crippen LogP contribution in [0.5, 0.6) is 0 Å². The van der Waals surface area contributed by atoms with Gasteiger partial charge in [-0.2, -0.15) is 0 Å². The number of fused-ring (bicyclic) bond motifs is 1. The number of aromatic nitrogens is 1. The van der Waals surface area contributed by atoms with Gasteiger partial charge in [-0.3, -0.25) is 14.4 Å². The number of carbonyl (C=O) groups is 3. The number of nitrogens with zero attached hydrogens (tertiary/aromatic N) is 2. The van der Waals surface area contributed by atoms with Crippen LogP contribution in [-0.4, -0.2) is 92.4 Å². The number of nitrogens with one attached hydrogen (secondary N) is 2. The molecule has 1 aliphatic heterocycles. The third-order valence-corrected chi connectivity index (χ3v) is 9.04. The van der Waals surface area contributed by atoms with Crippen LogP contribution in [0, 0.1) is 5.82 Å². The second-order valence-electron chi connectivity index (χ2n) is 8.64. The molecular formula is C22H27FN4O7S2. The van der Waals surface area contributed by atoms with Gasteiger partial charge in [0.2, 0.25) is 11.8 Å². The number of rotatable bonds is 10. The second-order valence-corrected chi connectivity index (χ2v) is 11.9. The van der Waals surface area contributed by atoms with E-state index in [9.17, 15) is 27.2 Å². The van der Waals surface area contributed by atoms with Crippen LogP contribution in [0.15, 0.2) is 12.1 Å². The molecule has 14 heteroatoms. The number of hydrogen-bond donors (Lipinski definition) is 3. The van der Waals surface area contributed by atoms with Crippen molar-refractivity contribution in [3.63, 3.8) is 0 Å². The molecule has 0 spiro atoms. The highest BCUT2D eigenvalue weighted by atomic mass is 32.2. The SMILES string of the molecule is O=C(CNC(=O)C(c1nc2cc(C(=O)N3CCOCC3)c(F)cc2s1)S(=O)(=O)CCCO)NC1CC1. The van der Waals surface area contributed by atoms with Gasteiger partial charge in [0, 0.05) is 25.7 Å². The summed E-state index contributed by atoms with van der Waals surface area (Å²) in [6.45, 7) is 0.528. The van der Waals surface area contributed by atoms with Crippen LogP contribution < -0.4 is 10.6 Å². The molecule has 2 aliphatic rings. The zero-order chi connectivity index (χ0) is 25.9. The van der Waals surface area contributed by atoms with Crippen molar-refractivity contribution in [1.29, 1.82) is 0 Å². The molecule has 1 unspecified atom stereocenters. The predicted octanol–water partition coefficient (Wildman–Crippen LogP) is 0.141. The number of carbonyl (C=O) groups excluding carboxylic acids is 3. The van der Waals surface area contributed by atoms with E-state index in [-0.39, 0.29) is 33.3 Å². The minimum atomic E-state index is -4.14. The molecule has 1 saturated carbocycles. The topological polar surface area (TPSA) is 155 Å². The third kappa shape index (κ3) is 6.17. The summed E-state index contributed by atoms with van der Waals surface area (Å²) < 4.78 is 46.4. The highest BCUT2D eigenvalue weighted by Gasteiger charge is 2.37. The Bertz CT molecular complexity index is 1260. The van der Waals surface area contributed by atoms with Crippen LogP contribution >= 0.6 is 11.3 Å². The van der Waals surface area contributed by atoms with E-state index in [1.165, 1.54) is 11.0 Å². The number of amides is 3. The van der Waals surface area contributed by atoms with E-state index < -0.39 is 57.5 Å². The van der Waals surface area contributed by atoms with Gasteiger partial charge in [-0.25, -0.2) is 17.8 Å². The average Bonchev–Trinajstić information content (AvgIpc) is 3.58. The monoisotopic (exact) mass is 542 g/mol. The van der Waals surface area contributed by atoms with Crippen molar-refractivity contribution in [3.05, 3.63) is 28.5 Å². The van der Waals surface area contributed by atoms with Gasteiger partial charge in [-0.15, -0.1) is 11.3 Å². The molecule has 196 valence electrons. The molecule has 1 aromatic carbocycles. The Kier molecular flexibility index (Phi) is 8.17. The zero-order valence-corrected chi connectivity index (χ0v) is 21.0. The average molecular weight is 543 g/mol. The number of morpholine rings is 1. The molecule has 2 aromatic rings. The lowest BCUT2D eigenvalue weighted by Gasteiger charge is -2.26. The second kappa shape index (κ2) is 11.2. The fourth-order valence-electron chi connectivity index (χ4n) is 3.76. The quantitative estimate of drug-likeness (QED) is 0.383. The van der Waals surface area contributed by atoms with Crippen LogP contribution in [0.4, 0.5) is 4.39 Å². The standard InChI is InChI=1S/C22H27FN4O7S2/c23-15-11-17-16(10-14(15)22(31)27-4-7-34-8-5-27)26-21(35-17)19(36(32,33)9-1-6-28)20(30)24-12-18(29)25-13-2-3-13/h10-11,13,19,28H,1-9,12H2,(H,24,30)(H,25,29). The molecule has 3 amide bonds. The normalized spacial score (nSPS) is 17.1. The first-order chi connectivity index (χ1) is 17.2. The van der Waals surface area contributed by atoms with Crippen LogP contribution in [0.25, 0.3) is 10.2 Å². The van der Waals surface area contributed by atoms with Crippen LogP contribution in [0.1, 0.15) is 39.9 Å². The Morgan fingerprint density at radius 3 is 2.64 bits per heavy atom. The maximum atomic E-state index is 14.8. The van der Waals surface area contributed by atoms with Gasteiger partial charge in [0.15, 0.2) is 15.1 Å². The van der Waals surface area contributed by atoms with Gasteiger partial charge >= 0.3 is 0 Å². The van der Waals surface area contributed by atoms with E-state index in [2.05, 4.69) is 15.6 Å². The lowest BCUT2D eigenvalue weighted by molar-refractivity contribution is -0.126. The number of ether oxygens (including phenoxy) is 1. The summed E-state index contributed by atoms with van der Waals surface area (Å²) in [5, 5.41) is 12.3. The highest BCUT2D eigenvalue weighted by Crippen LogP contribution is 2.33. The number of sulfone groups is 1. The molecule has 4 rings (SSSR count). The Morgan fingerprint density at radius 1 is 1.25 bits per heavy atom. The first-order valence-corrected chi connectivity index (χ1v) is 14.1. The number of hydrogen-bond acceptors (Lipinski definition) is 9. The van der Waals surface area contributed by atoms with E-state index in [0.717, 1.165) is 30.2 Å². The zero-order valence-electron chi connectivity index (χ0n) is 19.4. The summed E-state index contributed by atoms with van der Waals surface area (Å²) in [5.41, 5.74) is -0.0308. The largest absolute Gasteiger partial charge is 0.396 e. The Balaban J connectivity index is 1.62. The first-order valence-electron chi connectivity index (χ1n) is 11.6. The summed E-state index contributed by atoms with van der Waals surface area (Å²) in [6.07, 6.45) is 1.62. The summed E-state index contributed by atoms with van der Waals surface area (Å²) in [5.74, 6) is -3.17. The van der Waals surface area contributed by atoms with Gasteiger partial charge in [0.05, 0.1) is 41.3 Å². The molecule has 3 N–H and O–H groups in total. The van der Waals surface area contributed by atoms with Crippen LogP contribution in [0.3, 0.4) is 0 Å². The summed E-state index contributed by atoms with van der Waals surface area (Å²) in [6, 6.07) is 2.43. The molecule has 2 fully saturated rings. The Morgan fingerprint density at radius 2 is 1.97 bits per heavy atom. The third-order valence-electron chi connectivity index (χ3n) is 5.80. The molecular weight excluding hydrogens is 515 g/mol.